The summed E-state index contributed by atoms with van der Waals surface area (Å²) in [6.45, 7) is 8.24. The fraction of sp³-hybridized carbons (Fsp3) is 0.472. The third-order valence-electron chi connectivity index (χ3n) is 10.7. The predicted octanol–water partition coefficient (Wildman–Crippen LogP) is 5.81. The highest BCUT2D eigenvalue weighted by Crippen LogP contribution is 2.67. The zero-order valence-corrected chi connectivity index (χ0v) is 28.9. The molecule has 0 bridgehead atoms. The maximum atomic E-state index is 13.8. The first-order valence-corrected chi connectivity index (χ1v) is 16.7. The lowest BCUT2D eigenvalue weighted by Crippen LogP contribution is -2.71. The Hall–Kier alpha value is -4.03. The van der Waals surface area contributed by atoms with Crippen LogP contribution in [0.25, 0.3) is 11.3 Å². The molecule has 48 heavy (non-hydrogen) atoms. The number of ether oxygens (including phenoxy) is 4. The molecule has 6 rings (SSSR count). The number of hydrogen-bond donors (Lipinski definition) is 1. The molecule has 3 heterocycles. The Balaban J connectivity index is 1.51. The van der Waals surface area contributed by atoms with Gasteiger partial charge in [-0.15, -0.1) is 0 Å². The topological polar surface area (TPSA) is 151 Å². The van der Waals surface area contributed by atoms with E-state index in [9.17, 15) is 24.3 Å². The van der Waals surface area contributed by atoms with Gasteiger partial charge in [0.15, 0.2) is 0 Å². The zero-order valence-electron chi connectivity index (χ0n) is 27.4. The molecular formula is C36H38BrNO10. The van der Waals surface area contributed by atoms with Crippen molar-refractivity contribution in [2.75, 3.05) is 6.61 Å². The van der Waals surface area contributed by atoms with Crippen LogP contribution < -0.4 is 10.4 Å². The Kier molecular flexibility index (Phi) is 8.78. The third-order valence-corrected chi connectivity index (χ3v) is 11.2. The van der Waals surface area contributed by atoms with Gasteiger partial charge in [-0.05, 0) is 67.9 Å². The van der Waals surface area contributed by atoms with E-state index in [-0.39, 0.29) is 30.1 Å². The van der Waals surface area contributed by atoms with Crippen LogP contribution in [0.2, 0.25) is 0 Å². The quantitative estimate of drug-likeness (QED) is 0.242. The predicted molar refractivity (Wildman–Crippen MR) is 175 cm³/mol. The summed E-state index contributed by atoms with van der Waals surface area (Å²) in [6, 6.07) is 11.8. The van der Waals surface area contributed by atoms with E-state index in [0.29, 0.717) is 28.4 Å². The van der Waals surface area contributed by atoms with Crippen LogP contribution in [0, 0.1) is 22.7 Å². The van der Waals surface area contributed by atoms with Crippen molar-refractivity contribution in [3.63, 3.8) is 0 Å². The Morgan fingerprint density at radius 2 is 1.81 bits per heavy atom. The number of halogens is 1. The van der Waals surface area contributed by atoms with Gasteiger partial charge in [0.2, 0.25) is 0 Å². The van der Waals surface area contributed by atoms with E-state index < -0.39 is 70.1 Å². The molecule has 2 aliphatic carbocycles. The van der Waals surface area contributed by atoms with Gasteiger partial charge in [0.25, 0.3) is 0 Å². The van der Waals surface area contributed by atoms with Gasteiger partial charge < -0.3 is 28.5 Å². The van der Waals surface area contributed by atoms with Crippen molar-refractivity contribution in [2.45, 2.75) is 77.8 Å². The summed E-state index contributed by atoms with van der Waals surface area (Å²) in [6.07, 6.45) is 1.24. The summed E-state index contributed by atoms with van der Waals surface area (Å²) in [5, 5.41) is 12.3. The molecule has 8 atom stereocenters. The second kappa shape index (κ2) is 12.5. The minimum absolute atomic E-state index is 0.0344. The standard InChI is InChI=1S/C36H38BrNO10/c1-19(39)44-18-35(4)26-16-28(47-32(42)21-8-6-10-23(37)14-21)36(5)31(34(26,3)12-11-27(35)45-20(2)40)30(41)29-25(48-36)15-24(46-33(29)43)22-9-7-13-38-17-22/h6-10,13-15,17,26-28,30-31,41H,11-12,16,18H2,1-5H3/t26?,27-,28-,30-,31?,34-,35-,36+/m0/s1. The maximum absolute atomic E-state index is 13.8. The lowest BCUT2D eigenvalue weighted by atomic mass is 9.42. The van der Waals surface area contributed by atoms with Gasteiger partial charge >= 0.3 is 23.5 Å². The van der Waals surface area contributed by atoms with Gasteiger partial charge in [-0.3, -0.25) is 14.6 Å². The van der Waals surface area contributed by atoms with Gasteiger partial charge in [0.1, 0.15) is 41.5 Å². The van der Waals surface area contributed by atoms with E-state index in [1.807, 2.05) is 13.8 Å². The number of carbonyl (C=O) groups is 3. The van der Waals surface area contributed by atoms with E-state index in [1.165, 1.54) is 13.8 Å². The summed E-state index contributed by atoms with van der Waals surface area (Å²) < 4.78 is 30.9. The molecule has 0 amide bonds. The third kappa shape index (κ3) is 5.72. The number of rotatable bonds is 6. The lowest BCUT2D eigenvalue weighted by molar-refractivity contribution is -0.266. The van der Waals surface area contributed by atoms with Gasteiger partial charge in [-0.25, -0.2) is 9.59 Å². The van der Waals surface area contributed by atoms with Crippen molar-refractivity contribution >= 4 is 33.8 Å². The van der Waals surface area contributed by atoms with Crippen molar-refractivity contribution in [1.29, 1.82) is 0 Å². The molecule has 1 aliphatic heterocycles. The fourth-order valence-corrected chi connectivity index (χ4v) is 9.05. The molecule has 12 heteroatoms. The summed E-state index contributed by atoms with van der Waals surface area (Å²) in [5.74, 6) is -2.50. The molecule has 3 aromatic rings. The van der Waals surface area contributed by atoms with Crippen molar-refractivity contribution < 1.29 is 42.9 Å². The van der Waals surface area contributed by atoms with Crippen LogP contribution in [0.1, 0.15) is 75.9 Å². The number of hydrogen-bond acceptors (Lipinski definition) is 11. The maximum Gasteiger partial charge on any atom is 0.345 e. The normalized spacial score (nSPS) is 32.0. The van der Waals surface area contributed by atoms with Gasteiger partial charge in [0, 0.05) is 53.7 Å². The zero-order chi connectivity index (χ0) is 34.6. The number of esters is 3. The molecule has 2 fully saturated rings. The first-order chi connectivity index (χ1) is 22.7. The lowest BCUT2D eigenvalue weighted by Gasteiger charge is -2.66. The van der Waals surface area contributed by atoms with Crippen LogP contribution in [-0.4, -0.2) is 52.4 Å². The highest BCUT2D eigenvalue weighted by molar-refractivity contribution is 9.10. The molecule has 2 unspecified atom stereocenters. The molecule has 1 N–H and O–H groups in total. The van der Waals surface area contributed by atoms with Crippen LogP contribution in [-0.2, 0) is 23.8 Å². The average molecular weight is 725 g/mol. The first-order valence-electron chi connectivity index (χ1n) is 15.9. The smallest absolute Gasteiger partial charge is 0.345 e. The Morgan fingerprint density at radius 3 is 2.48 bits per heavy atom. The Bertz CT molecular complexity index is 1810. The monoisotopic (exact) mass is 723 g/mol. The van der Waals surface area contributed by atoms with E-state index in [1.54, 1.807) is 61.8 Å². The number of aliphatic hydroxyl groups excluding tert-OH is 1. The highest BCUT2D eigenvalue weighted by Gasteiger charge is 2.71. The molecule has 0 saturated heterocycles. The number of aliphatic hydroxyl groups is 1. The van der Waals surface area contributed by atoms with Gasteiger partial charge in [0.05, 0.1) is 11.7 Å². The minimum Gasteiger partial charge on any atom is -0.482 e. The summed E-state index contributed by atoms with van der Waals surface area (Å²) in [7, 11) is 0. The van der Waals surface area contributed by atoms with Crippen LogP contribution in [0.15, 0.2) is 68.5 Å². The number of benzene rings is 1. The van der Waals surface area contributed by atoms with Crippen LogP contribution in [0.4, 0.5) is 0 Å². The molecule has 0 spiro atoms. The molecule has 254 valence electrons. The second-order valence-electron chi connectivity index (χ2n) is 13.7. The molecule has 2 aromatic heterocycles. The van der Waals surface area contributed by atoms with Crippen molar-refractivity contribution in [1.82, 2.24) is 4.98 Å². The van der Waals surface area contributed by atoms with E-state index >= 15 is 0 Å². The number of nitrogens with zero attached hydrogens (tertiary/aromatic N) is 1. The summed E-state index contributed by atoms with van der Waals surface area (Å²) >= 11 is 3.41. The molecule has 0 radical (unpaired) electrons. The number of fused-ring (bicyclic) bond motifs is 4. The first kappa shape index (κ1) is 33.9. The molecule has 1 aromatic carbocycles. The number of pyridine rings is 1. The van der Waals surface area contributed by atoms with Crippen molar-refractivity contribution in [3.8, 4) is 17.1 Å². The Morgan fingerprint density at radius 1 is 1.04 bits per heavy atom. The van der Waals surface area contributed by atoms with Crippen molar-refractivity contribution in [3.05, 3.63) is 80.9 Å². The summed E-state index contributed by atoms with van der Waals surface area (Å²) in [4.78, 5) is 55.9. The molecule has 3 aliphatic rings. The summed E-state index contributed by atoms with van der Waals surface area (Å²) in [5.41, 5.74) is -3.03. The average Bonchev–Trinajstić information content (AvgIpc) is 3.02. The van der Waals surface area contributed by atoms with E-state index in [0.717, 1.165) is 0 Å². The fourth-order valence-electron chi connectivity index (χ4n) is 8.65. The van der Waals surface area contributed by atoms with Crippen LogP contribution in [0.5, 0.6) is 5.75 Å². The van der Waals surface area contributed by atoms with Crippen LogP contribution >= 0.6 is 15.9 Å². The largest absolute Gasteiger partial charge is 0.482 e. The molecular weight excluding hydrogens is 686 g/mol. The number of carbonyl (C=O) groups excluding carboxylic acids is 3. The van der Waals surface area contributed by atoms with E-state index in [4.69, 9.17) is 23.4 Å². The molecule has 11 nitrogen and oxygen atoms in total. The van der Waals surface area contributed by atoms with Gasteiger partial charge in [-0.1, -0.05) is 35.8 Å². The van der Waals surface area contributed by atoms with Gasteiger partial charge in [-0.2, -0.15) is 0 Å². The second-order valence-corrected chi connectivity index (χ2v) is 14.7. The van der Waals surface area contributed by atoms with Crippen molar-refractivity contribution in [2.24, 2.45) is 22.7 Å². The minimum atomic E-state index is -1.39. The van der Waals surface area contributed by atoms with Crippen LogP contribution in [0.3, 0.4) is 0 Å². The van der Waals surface area contributed by atoms with E-state index in [2.05, 4.69) is 20.9 Å². The Labute approximate surface area is 286 Å². The highest BCUT2D eigenvalue weighted by atomic mass is 79.9. The SMILES string of the molecule is CC(=O)OC[C@@]1(C)C2C[C@H](OC(=O)c3cccc(Br)c3)[C@@]3(C)Oc4cc(-c5cccnc5)oc(=O)c4[C@H](O)C3[C@@]2(C)CC[C@@H]1OC(C)=O. The number of aromatic nitrogens is 1. The molecule has 2 saturated carbocycles.